The molecule has 0 spiro atoms. The van der Waals surface area contributed by atoms with Crippen LogP contribution in [0.1, 0.15) is 12.7 Å². The van der Waals surface area contributed by atoms with E-state index in [1.807, 2.05) is 25.1 Å². The molecule has 0 unspecified atom stereocenters. The summed E-state index contributed by atoms with van der Waals surface area (Å²) in [7, 11) is 0. The Balaban J connectivity index is 2.50. The standard InChI is InChI=1S/C13H16IN3O/c1-3-15-6-7-17-9(2)16-12-5-4-10(14)8-11(12)13(17)18/h4-5,8,15H,3,6-7H2,1-2H3. The van der Waals surface area contributed by atoms with Crippen molar-refractivity contribution in [3.8, 4) is 0 Å². The van der Waals surface area contributed by atoms with E-state index in [4.69, 9.17) is 0 Å². The fourth-order valence-corrected chi connectivity index (χ4v) is 2.43. The third kappa shape index (κ3) is 2.72. The Bertz CT molecular complexity index is 621. The fourth-order valence-electron chi connectivity index (χ4n) is 1.94. The predicted octanol–water partition coefficient (Wildman–Crippen LogP) is 1.92. The molecule has 0 aliphatic heterocycles. The van der Waals surface area contributed by atoms with E-state index in [9.17, 15) is 4.79 Å². The second kappa shape index (κ2) is 5.79. The molecule has 0 bridgehead atoms. The maximum absolute atomic E-state index is 12.4. The average Bonchev–Trinajstić information content (AvgIpc) is 2.35. The van der Waals surface area contributed by atoms with Gasteiger partial charge >= 0.3 is 0 Å². The summed E-state index contributed by atoms with van der Waals surface area (Å²) >= 11 is 2.21. The van der Waals surface area contributed by atoms with Gasteiger partial charge in [0.1, 0.15) is 5.82 Å². The smallest absolute Gasteiger partial charge is 0.261 e. The highest BCUT2D eigenvalue weighted by Crippen LogP contribution is 2.12. The number of rotatable bonds is 4. The van der Waals surface area contributed by atoms with Crippen molar-refractivity contribution in [1.29, 1.82) is 0 Å². The van der Waals surface area contributed by atoms with Crippen molar-refractivity contribution in [1.82, 2.24) is 14.9 Å². The Kier molecular flexibility index (Phi) is 4.34. The number of likely N-dealkylation sites (N-methyl/N-ethyl adjacent to an activating group) is 1. The van der Waals surface area contributed by atoms with E-state index >= 15 is 0 Å². The molecule has 4 nitrogen and oxygen atoms in total. The van der Waals surface area contributed by atoms with Gasteiger partial charge in [0.2, 0.25) is 0 Å². The Hall–Kier alpha value is -0.950. The largest absolute Gasteiger partial charge is 0.315 e. The van der Waals surface area contributed by atoms with Crippen LogP contribution < -0.4 is 10.9 Å². The van der Waals surface area contributed by atoms with Crippen molar-refractivity contribution in [3.63, 3.8) is 0 Å². The van der Waals surface area contributed by atoms with Gasteiger partial charge in [0.15, 0.2) is 0 Å². The first kappa shape index (κ1) is 13.5. The van der Waals surface area contributed by atoms with Crippen LogP contribution in [-0.4, -0.2) is 22.6 Å². The average molecular weight is 357 g/mol. The second-order valence-electron chi connectivity index (χ2n) is 4.13. The minimum Gasteiger partial charge on any atom is -0.315 e. The monoisotopic (exact) mass is 357 g/mol. The number of aromatic nitrogens is 2. The van der Waals surface area contributed by atoms with Crippen molar-refractivity contribution in [2.24, 2.45) is 0 Å². The highest BCUT2D eigenvalue weighted by atomic mass is 127. The summed E-state index contributed by atoms with van der Waals surface area (Å²) in [6, 6.07) is 5.77. The topological polar surface area (TPSA) is 46.9 Å². The van der Waals surface area contributed by atoms with E-state index in [2.05, 4.69) is 39.8 Å². The molecule has 0 aliphatic rings. The van der Waals surface area contributed by atoms with Crippen LogP contribution >= 0.6 is 22.6 Å². The van der Waals surface area contributed by atoms with Crippen molar-refractivity contribution in [2.75, 3.05) is 13.1 Å². The molecule has 0 saturated carbocycles. The minimum atomic E-state index is 0.0499. The molecule has 0 aliphatic carbocycles. The maximum atomic E-state index is 12.4. The highest BCUT2D eigenvalue weighted by molar-refractivity contribution is 14.1. The van der Waals surface area contributed by atoms with Gasteiger partial charge in [-0.25, -0.2) is 4.98 Å². The zero-order valence-electron chi connectivity index (χ0n) is 10.5. The van der Waals surface area contributed by atoms with Gasteiger partial charge in [-0.15, -0.1) is 0 Å². The Labute approximate surface area is 120 Å². The quantitative estimate of drug-likeness (QED) is 0.672. The van der Waals surface area contributed by atoms with Gasteiger partial charge in [-0.05, 0) is 54.3 Å². The van der Waals surface area contributed by atoms with Crippen LogP contribution in [0, 0.1) is 10.5 Å². The lowest BCUT2D eigenvalue weighted by molar-refractivity contribution is 0.582. The van der Waals surface area contributed by atoms with E-state index in [-0.39, 0.29) is 5.56 Å². The van der Waals surface area contributed by atoms with Crippen molar-refractivity contribution < 1.29 is 0 Å². The molecule has 0 saturated heterocycles. The number of nitrogens with zero attached hydrogens (tertiary/aromatic N) is 2. The van der Waals surface area contributed by atoms with E-state index in [1.54, 1.807) is 4.57 Å². The van der Waals surface area contributed by atoms with Gasteiger partial charge in [-0.2, -0.15) is 0 Å². The molecule has 0 atom stereocenters. The first-order valence-electron chi connectivity index (χ1n) is 6.01. The van der Waals surface area contributed by atoms with Crippen LogP contribution in [-0.2, 0) is 6.54 Å². The highest BCUT2D eigenvalue weighted by Gasteiger charge is 2.07. The number of hydrogen-bond acceptors (Lipinski definition) is 3. The van der Waals surface area contributed by atoms with Gasteiger partial charge in [0.05, 0.1) is 10.9 Å². The summed E-state index contributed by atoms with van der Waals surface area (Å²) in [6.07, 6.45) is 0. The van der Waals surface area contributed by atoms with Crippen molar-refractivity contribution in [3.05, 3.63) is 37.9 Å². The minimum absolute atomic E-state index is 0.0499. The number of benzene rings is 1. The summed E-state index contributed by atoms with van der Waals surface area (Å²) in [6.45, 7) is 6.29. The van der Waals surface area contributed by atoms with Crippen LogP contribution in [0.15, 0.2) is 23.0 Å². The summed E-state index contributed by atoms with van der Waals surface area (Å²) in [5, 5.41) is 3.92. The van der Waals surface area contributed by atoms with Crippen molar-refractivity contribution >= 4 is 33.5 Å². The summed E-state index contributed by atoms with van der Waals surface area (Å²) in [5.41, 5.74) is 0.825. The third-order valence-corrected chi connectivity index (χ3v) is 3.54. The van der Waals surface area contributed by atoms with Crippen LogP contribution in [0.2, 0.25) is 0 Å². The molecule has 1 aromatic carbocycles. The number of aryl methyl sites for hydroxylation is 1. The van der Waals surface area contributed by atoms with Gasteiger partial charge < -0.3 is 5.32 Å². The molecule has 0 fully saturated rings. The molecule has 96 valence electrons. The van der Waals surface area contributed by atoms with Crippen molar-refractivity contribution in [2.45, 2.75) is 20.4 Å². The van der Waals surface area contributed by atoms with E-state index in [0.717, 1.165) is 28.0 Å². The predicted molar refractivity (Wildman–Crippen MR) is 82.0 cm³/mol. The molecule has 1 aromatic heterocycles. The molecule has 2 rings (SSSR count). The lowest BCUT2D eigenvalue weighted by Gasteiger charge is -2.11. The van der Waals surface area contributed by atoms with Crippen LogP contribution in [0.25, 0.3) is 10.9 Å². The normalized spacial score (nSPS) is 11.1. The van der Waals surface area contributed by atoms with E-state index in [1.165, 1.54) is 0 Å². The molecular formula is C13H16IN3O. The Morgan fingerprint density at radius 3 is 2.94 bits per heavy atom. The molecule has 1 heterocycles. The fraction of sp³-hybridized carbons (Fsp3) is 0.385. The molecule has 0 amide bonds. The number of fused-ring (bicyclic) bond motifs is 1. The third-order valence-electron chi connectivity index (χ3n) is 2.87. The number of nitrogens with one attached hydrogen (secondary N) is 1. The number of halogens is 1. The lowest BCUT2D eigenvalue weighted by Crippen LogP contribution is -2.29. The van der Waals surface area contributed by atoms with Gasteiger partial charge in [-0.3, -0.25) is 9.36 Å². The van der Waals surface area contributed by atoms with Gasteiger partial charge in [-0.1, -0.05) is 6.92 Å². The molecule has 1 N–H and O–H groups in total. The first-order chi connectivity index (χ1) is 8.63. The molecule has 18 heavy (non-hydrogen) atoms. The molecule has 5 heteroatoms. The zero-order chi connectivity index (χ0) is 13.1. The van der Waals surface area contributed by atoms with Crippen LogP contribution in [0.3, 0.4) is 0 Å². The molecule has 2 aromatic rings. The molecular weight excluding hydrogens is 341 g/mol. The summed E-state index contributed by atoms with van der Waals surface area (Å²) in [4.78, 5) is 16.9. The van der Waals surface area contributed by atoms with Crippen LogP contribution in [0.5, 0.6) is 0 Å². The second-order valence-corrected chi connectivity index (χ2v) is 5.38. The Morgan fingerprint density at radius 2 is 2.22 bits per heavy atom. The van der Waals surface area contributed by atoms with Gasteiger partial charge in [0.25, 0.3) is 5.56 Å². The van der Waals surface area contributed by atoms with E-state index in [0.29, 0.717) is 11.9 Å². The van der Waals surface area contributed by atoms with Gasteiger partial charge in [0, 0.05) is 16.7 Å². The maximum Gasteiger partial charge on any atom is 0.261 e. The van der Waals surface area contributed by atoms with Crippen LogP contribution in [0.4, 0.5) is 0 Å². The number of hydrogen-bond donors (Lipinski definition) is 1. The zero-order valence-corrected chi connectivity index (χ0v) is 12.7. The summed E-state index contributed by atoms with van der Waals surface area (Å²) < 4.78 is 2.79. The summed E-state index contributed by atoms with van der Waals surface area (Å²) in [5.74, 6) is 0.770. The molecule has 0 radical (unpaired) electrons. The Morgan fingerprint density at radius 1 is 1.44 bits per heavy atom. The first-order valence-corrected chi connectivity index (χ1v) is 7.08. The SMILES string of the molecule is CCNCCn1c(C)nc2ccc(I)cc2c1=O. The lowest BCUT2D eigenvalue weighted by atomic mass is 10.2. The van der Waals surface area contributed by atoms with E-state index < -0.39 is 0 Å².